The van der Waals surface area contributed by atoms with E-state index in [0.29, 0.717) is 11.1 Å². The van der Waals surface area contributed by atoms with Crippen LogP contribution in [-0.2, 0) is 0 Å². The number of rotatable bonds is 3. The lowest BCUT2D eigenvalue weighted by atomic mass is 10.3. The molecule has 4 heteroatoms. The predicted molar refractivity (Wildman–Crippen MR) is 77.5 cm³/mol. The number of hydrogen-bond donors (Lipinski definition) is 0. The predicted octanol–water partition coefficient (Wildman–Crippen LogP) is 4.08. The molecule has 0 atom stereocenters. The van der Waals surface area contributed by atoms with Gasteiger partial charge in [-0.3, -0.25) is 0 Å². The van der Waals surface area contributed by atoms with Crippen LogP contribution in [0, 0.1) is 0 Å². The van der Waals surface area contributed by atoms with Gasteiger partial charge in [-0.15, -0.1) is 0 Å². The highest BCUT2D eigenvalue weighted by Crippen LogP contribution is 2.28. The van der Waals surface area contributed by atoms with E-state index in [1.807, 2.05) is 6.07 Å². The van der Waals surface area contributed by atoms with Gasteiger partial charge in [-0.05, 0) is 29.4 Å². The van der Waals surface area contributed by atoms with E-state index in [1.165, 1.54) is 0 Å². The molecule has 92 valence electrons. The molecule has 0 amide bonds. The molecule has 0 aliphatic rings. The molecular formula is C13H19ClN2Si. The van der Waals surface area contributed by atoms with Crippen LogP contribution in [0.2, 0.25) is 16.1 Å². The minimum Gasteiger partial charge on any atom is -0.362 e. The molecule has 2 aromatic heterocycles. The van der Waals surface area contributed by atoms with Crippen LogP contribution in [0.5, 0.6) is 0 Å². The van der Waals surface area contributed by atoms with Gasteiger partial charge < -0.3 is 4.23 Å². The van der Waals surface area contributed by atoms with Crippen molar-refractivity contribution < 1.29 is 0 Å². The second kappa shape index (κ2) is 4.82. The lowest BCUT2D eigenvalue weighted by molar-refractivity contribution is 0.891. The number of aromatic nitrogens is 2. The molecule has 0 fully saturated rings. The number of nitrogens with zero attached hydrogens (tertiary/aromatic N) is 2. The van der Waals surface area contributed by atoms with Crippen molar-refractivity contribution in [2.75, 3.05) is 0 Å². The van der Waals surface area contributed by atoms with Crippen molar-refractivity contribution in [1.82, 2.24) is 9.22 Å². The molecule has 0 aliphatic heterocycles. The van der Waals surface area contributed by atoms with Crippen LogP contribution in [0.25, 0.3) is 11.0 Å². The van der Waals surface area contributed by atoms with Crippen molar-refractivity contribution in [1.29, 1.82) is 0 Å². The Balaban J connectivity index is 2.58. The molecule has 2 heterocycles. The minimum absolute atomic E-state index is 0.714. The quantitative estimate of drug-likeness (QED) is 0.766. The zero-order valence-electron chi connectivity index (χ0n) is 10.8. The van der Waals surface area contributed by atoms with Crippen LogP contribution < -0.4 is 0 Å². The average molecular weight is 267 g/mol. The molecule has 0 N–H and O–H groups in total. The van der Waals surface area contributed by atoms with E-state index >= 15 is 0 Å². The van der Waals surface area contributed by atoms with Gasteiger partial charge in [0, 0.05) is 11.6 Å². The Hall–Kier alpha value is -0.803. The van der Waals surface area contributed by atoms with E-state index in [9.17, 15) is 0 Å². The molecule has 0 unspecified atom stereocenters. The molecule has 0 aliphatic carbocycles. The van der Waals surface area contributed by atoms with Gasteiger partial charge in [0.1, 0.15) is 5.65 Å². The van der Waals surface area contributed by atoms with E-state index in [-0.39, 0.29) is 0 Å². The lowest BCUT2D eigenvalue weighted by Crippen LogP contribution is -2.30. The Kier molecular flexibility index (Phi) is 3.59. The van der Waals surface area contributed by atoms with Gasteiger partial charge in [-0.1, -0.05) is 39.3 Å². The van der Waals surface area contributed by atoms with Gasteiger partial charge in [-0.2, -0.15) is 0 Å². The number of halogens is 1. The number of hydrogen-bond acceptors (Lipinski definition) is 1. The summed E-state index contributed by atoms with van der Waals surface area (Å²) < 4.78 is 2.40. The van der Waals surface area contributed by atoms with Crippen molar-refractivity contribution in [3.05, 3.63) is 29.5 Å². The summed E-state index contributed by atoms with van der Waals surface area (Å²) in [5, 5.41) is 1.88. The van der Waals surface area contributed by atoms with Crippen LogP contribution >= 0.6 is 11.6 Å². The molecule has 0 bridgehead atoms. The smallest absolute Gasteiger partial charge is 0.152 e. The summed E-state index contributed by atoms with van der Waals surface area (Å²) >= 11 is 6.20. The van der Waals surface area contributed by atoms with Crippen LogP contribution in [-0.4, -0.2) is 18.2 Å². The molecule has 0 saturated heterocycles. The highest BCUT2D eigenvalue weighted by Gasteiger charge is 2.23. The molecule has 0 radical (unpaired) electrons. The van der Waals surface area contributed by atoms with E-state index in [1.54, 1.807) is 6.20 Å². The molecule has 17 heavy (non-hydrogen) atoms. The normalized spacial score (nSPS) is 12.2. The molecular weight excluding hydrogens is 248 g/mol. The summed E-state index contributed by atoms with van der Waals surface area (Å²) in [5.74, 6) is 0. The highest BCUT2D eigenvalue weighted by atomic mass is 35.5. The summed E-state index contributed by atoms with van der Waals surface area (Å²) in [4.78, 5) is 4.50. The highest BCUT2D eigenvalue weighted by molar-refractivity contribution is 6.61. The van der Waals surface area contributed by atoms with Crippen LogP contribution in [0.4, 0.5) is 0 Å². The molecule has 0 aromatic carbocycles. The summed E-state index contributed by atoms with van der Waals surface area (Å²) in [7, 11) is -1.07. The summed E-state index contributed by atoms with van der Waals surface area (Å²) in [6.07, 6.45) is 3.97. The van der Waals surface area contributed by atoms with Crippen molar-refractivity contribution >= 4 is 31.6 Å². The second-order valence-corrected chi connectivity index (χ2v) is 9.84. The van der Waals surface area contributed by atoms with Gasteiger partial charge in [0.25, 0.3) is 0 Å². The first-order valence-electron chi connectivity index (χ1n) is 6.13. The fraction of sp³-hybridized carbons (Fsp3) is 0.462. The third-order valence-corrected chi connectivity index (χ3v) is 7.37. The maximum atomic E-state index is 6.20. The standard InChI is InChI=1S/C13H19ClN2Si/c1-9(2)17(10(3)4)16-8-6-11-12(14)5-7-15-13(11)16/h5-10,17H,1-4H3. The zero-order valence-corrected chi connectivity index (χ0v) is 12.7. The summed E-state index contributed by atoms with van der Waals surface area (Å²) in [5.41, 5.74) is 2.48. The summed E-state index contributed by atoms with van der Waals surface area (Å²) in [6.45, 7) is 9.25. The average Bonchev–Trinajstić information content (AvgIpc) is 2.63. The number of pyridine rings is 1. The van der Waals surface area contributed by atoms with E-state index in [0.717, 1.165) is 16.1 Å². The molecule has 2 nitrogen and oxygen atoms in total. The van der Waals surface area contributed by atoms with Gasteiger partial charge >= 0.3 is 0 Å². The molecule has 0 saturated carbocycles. The van der Waals surface area contributed by atoms with Crippen molar-refractivity contribution in [2.24, 2.45) is 0 Å². The van der Waals surface area contributed by atoms with Crippen molar-refractivity contribution in [3.63, 3.8) is 0 Å². The molecule has 2 rings (SSSR count). The third kappa shape index (κ3) is 2.26. The molecule has 2 aromatic rings. The maximum Gasteiger partial charge on any atom is 0.152 e. The van der Waals surface area contributed by atoms with Crippen molar-refractivity contribution in [3.8, 4) is 0 Å². The second-order valence-electron chi connectivity index (χ2n) is 5.23. The Morgan fingerprint density at radius 2 is 1.82 bits per heavy atom. The zero-order chi connectivity index (χ0) is 12.6. The molecule has 0 spiro atoms. The van der Waals surface area contributed by atoms with E-state index < -0.39 is 8.96 Å². The van der Waals surface area contributed by atoms with Crippen molar-refractivity contribution in [2.45, 2.75) is 38.8 Å². The first-order chi connectivity index (χ1) is 8.02. The van der Waals surface area contributed by atoms with E-state index in [4.69, 9.17) is 11.6 Å². The first kappa shape index (κ1) is 12.6. The Bertz CT molecular complexity index is 511. The van der Waals surface area contributed by atoms with Gasteiger partial charge in [0.15, 0.2) is 8.96 Å². The lowest BCUT2D eigenvalue weighted by Gasteiger charge is -2.25. The van der Waals surface area contributed by atoms with Gasteiger partial charge in [-0.25, -0.2) is 4.98 Å². The SMILES string of the molecule is CC(C)[SiH](C(C)C)n1ccc2c(Cl)ccnc21. The summed E-state index contributed by atoms with van der Waals surface area (Å²) in [6, 6.07) is 3.95. The van der Waals surface area contributed by atoms with Crippen LogP contribution in [0.1, 0.15) is 27.7 Å². The van der Waals surface area contributed by atoms with E-state index in [2.05, 4.69) is 49.2 Å². The fourth-order valence-corrected chi connectivity index (χ4v) is 6.48. The van der Waals surface area contributed by atoms with Crippen LogP contribution in [0.15, 0.2) is 24.5 Å². The third-order valence-electron chi connectivity index (χ3n) is 3.25. The monoisotopic (exact) mass is 266 g/mol. The first-order valence-corrected chi connectivity index (χ1v) is 8.36. The Morgan fingerprint density at radius 1 is 1.18 bits per heavy atom. The largest absolute Gasteiger partial charge is 0.362 e. The minimum atomic E-state index is -1.07. The fourth-order valence-electron chi connectivity index (χ4n) is 2.68. The van der Waals surface area contributed by atoms with Crippen LogP contribution in [0.3, 0.4) is 0 Å². The Labute approximate surface area is 109 Å². The maximum absolute atomic E-state index is 6.20. The van der Waals surface area contributed by atoms with Gasteiger partial charge in [0.05, 0.1) is 5.02 Å². The Morgan fingerprint density at radius 3 is 2.41 bits per heavy atom. The number of fused-ring (bicyclic) bond motifs is 1. The van der Waals surface area contributed by atoms with Gasteiger partial charge in [0.2, 0.25) is 0 Å². The topological polar surface area (TPSA) is 17.8 Å².